The Bertz CT molecular complexity index is 701. The summed E-state index contributed by atoms with van der Waals surface area (Å²) in [7, 11) is 2.05. The summed E-state index contributed by atoms with van der Waals surface area (Å²) in [6.07, 6.45) is 0. The molecule has 1 unspecified atom stereocenters. The van der Waals surface area contributed by atoms with Crippen molar-refractivity contribution in [2.45, 2.75) is 12.8 Å². The van der Waals surface area contributed by atoms with E-state index in [0.717, 1.165) is 23.5 Å². The van der Waals surface area contributed by atoms with E-state index < -0.39 is 0 Å². The zero-order valence-electron chi connectivity index (χ0n) is 11.9. The zero-order valence-corrected chi connectivity index (χ0v) is 11.9. The smallest absolute Gasteiger partial charge is 0.203 e. The van der Waals surface area contributed by atoms with E-state index in [1.807, 2.05) is 25.2 Å². The number of anilines is 1. The van der Waals surface area contributed by atoms with E-state index in [-0.39, 0.29) is 0 Å². The molecule has 1 heterocycles. The molecule has 0 aliphatic carbocycles. The van der Waals surface area contributed by atoms with Crippen LogP contribution in [0.3, 0.4) is 0 Å². The van der Waals surface area contributed by atoms with E-state index in [2.05, 4.69) is 58.2 Å². The summed E-state index contributed by atoms with van der Waals surface area (Å²) in [5, 5.41) is 3.45. The van der Waals surface area contributed by atoms with Crippen LogP contribution < -0.4 is 5.32 Å². The number of hydrogen-bond donors (Lipinski definition) is 1. The molecule has 0 aliphatic rings. The van der Waals surface area contributed by atoms with Gasteiger partial charge in [-0.2, -0.15) is 0 Å². The first-order valence-electron chi connectivity index (χ1n) is 6.96. The summed E-state index contributed by atoms with van der Waals surface area (Å²) in [4.78, 5) is 4.63. The Labute approximate surface area is 119 Å². The van der Waals surface area contributed by atoms with Crippen LogP contribution in [0.25, 0.3) is 11.0 Å². The molecule has 0 spiro atoms. The quantitative estimate of drug-likeness (QED) is 0.778. The summed E-state index contributed by atoms with van der Waals surface area (Å²) < 4.78 is 2.10. The maximum atomic E-state index is 4.63. The number of imidazole rings is 1. The molecule has 1 aromatic heterocycles. The summed E-state index contributed by atoms with van der Waals surface area (Å²) >= 11 is 0. The molecule has 0 fully saturated rings. The van der Waals surface area contributed by atoms with E-state index in [0.29, 0.717) is 5.92 Å². The third-order valence-corrected chi connectivity index (χ3v) is 3.72. The Morgan fingerprint density at radius 1 is 1.05 bits per heavy atom. The highest BCUT2D eigenvalue weighted by Crippen LogP contribution is 2.19. The monoisotopic (exact) mass is 265 g/mol. The van der Waals surface area contributed by atoms with E-state index in [1.165, 1.54) is 5.56 Å². The fourth-order valence-corrected chi connectivity index (χ4v) is 2.45. The third-order valence-electron chi connectivity index (χ3n) is 3.72. The first kappa shape index (κ1) is 12.7. The van der Waals surface area contributed by atoms with Crippen LogP contribution in [0, 0.1) is 0 Å². The highest BCUT2D eigenvalue weighted by Gasteiger charge is 2.09. The predicted octanol–water partition coefficient (Wildman–Crippen LogP) is 3.79. The topological polar surface area (TPSA) is 29.9 Å². The van der Waals surface area contributed by atoms with Crippen LogP contribution in [-0.2, 0) is 7.05 Å². The lowest BCUT2D eigenvalue weighted by Crippen LogP contribution is -2.12. The highest BCUT2D eigenvalue weighted by atomic mass is 15.2. The van der Waals surface area contributed by atoms with Gasteiger partial charge in [-0.1, -0.05) is 49.4 Å². The Balaban J connectivity index is 1.76. The minimum atomic E-state index is 0.455. The predicted molar refractivity (Wildman–Crippen MR) is 84.1 cm³/mol. The molecule has 3 aromatic rings. The van der Waals surface area contributed by atoms with Crippen LogP contribution in [0.5, 0.6) is 0 Å². The molecule has 1 atom stereocenters. The van der Waals surface area contributed by atoms with Crippen LogP contribution >= 0.6 is 0 Å². The summed E-state index contributed by atoms with van der Waals surface area (Å²) in [6, 6.07) is 18.8. The number of fused-ring (bicyclic) bond motifs is 1. The first-order chi connectivity index (χ1) is 9.75. The molecule has 3 heteroatoms. The van der Waals surface area contributed by atoms with Gasteiger partial charge in [0, 0.05) is 13.6 Å². The Morgan fingerprint density at radius 3 is 2.50 bits per heavy atom. The molecule has 0 radical (unpaired) electrons. The Kier molecular flexibility index (Phi) is 3.42. The van der Waals surface area contributed by atoms with Gasteiger partial charge in [-0.15, -0.1) is 0 Å². The maximum absolute atomic E-state index is 4.63. The number of nitrogens with one attached hydrogen (secondary N) is 1. The van der Waals surface area contributed by atoms with Gasteiger partial charge in [0.05, 0.1) is 11.0 Å². The number of rotatable bonds is 4. The second-order valence-corrected chi connectivity index (χ2v) is 5.18. The second kappa shape index (κ2) is 5.37. The standard InChI is InChI=1S/C17H19N3/c1-13(14-8-4-3-5-9-14)12-18-17-19-15-10-6-7-11-16(15)20(17)2/h3-11,13H,12H2,1-2H3,(H,18,19). The van der Waals surface area contributed by atoms with Crippen molar-refractivity contribution in [1.82, 2.24) is 9.55 Å². The summed E-state index contributed by atoms with van der Waals surface area (Å²) in [5.41, 5.74) is 3.53. The fourth-order valence-electron chi connectivity index (χ4n) is 2.45. The normalized spacial score (nSPS) is 12.5. The molecule has 102 valence electrons. The molecule has 0 saturated heterocycles. The van der Waals surface area contributed by atoms with Gasteiger partial charge in [0.15, 0.2) is 0 Å². The van der Waals surface area contributed by atoms with Crippen molar-refractivity contribution in [3.8, 4) is 0 Å². The van der Waals surface area contributed by atoms with E-state index in [1.54, 1.807) is 0 Å². The minimum absolute atomic E-state index is 0.455. The minimum Gasteiger partial charge on any atom is -0.355 e. The molecule has 2 aromatic carbocycles. The Hall–Kier alpha value is -2.29. The molecule has 20 heavy (non-hydrogen) atoms. The van der Waals surface area contributed by atoms with Crippen molar-refractivity contribution < 1.29 is 0 Å². The van der Waals surface area contributed by atoms with Crippen LogP contribution in [0.15, 0.2) is 54.6 Å². The largest absolute Gasteiger partial charge is 0.355 e. The maximum Gasteiger partial charge on any atom is 0.203 e. The number of hydrogen-bond acceptors (Lipinski definition) is 2. The van der Waals surface area contributed by atoms with Crippen LogP contribution in [0.1, 0.15) is 18.4 Å². The third kappa shape index (κ3) is 2.39. The average molecular weight is 265 g/mol. The molecule has 0 saturated carbocycles. The van der Waals surface area contributed by atoms with E-state index >= 15 is 0 Å². The lowest BCUT2D eigenvalue weighted by atomic mass is 10.0. The van der Waals surface area contributed by atoms with Crippen molar-refractivity contribution in [2.75, 3.05) is 11.9 Å². The molecule has 3 nitrogen and oxygen atoms in total. The number of para-hydroxylation sites is 2. The second-order valence-electron chi connectivity index (χ2n) is 5.18. The van der Waals surface area contributed by atoms with Crippen LogP contribution in [-0.4, -0.2) is 16.1 Å². The number of aromatic nitrogens is 2. The number of aryl methyl sites for hydroxylation is 1. The van der Waals surface area contributed by atoms with Gasteiger partial charge in [0.25, 0.3) is 0 Å². The van der Waals surface area contributed by atoms with Crippen LogP contribution in [0.2, 0.25) is 0 Å². The van der Waals surface area contributed by atoms with Crippen molar-refractivity contribution in [2.24, 2.45) is 7.05 Å². The van der Waals surface area contributed by atoms with Gasteiger partial charge in [-0.3, -0.25) is 0 Å². The van der Waals surface area contributed by atoms with Crippen molar-refractivity contribution in [3.63, 3.8) is 0 Å². The zero-order chi connectivity index (χ0) is 13.9. The lowest BCUT2D eigenvalue weighted by molar-refractivity contribution is 0.788. The Morgan fingerprint density at radius 2 is 1.75 bits per heavy atom. The van der Waals surface area contributed by atoms with Gasteiger partial charge in [-0.25, -0.2) is 4.98 Å². The van der Waals surface area contributed by atoms with Gasteiger partial charge < -0.3 is 9.88 Å². The SMILES string of the molecule is CC(CNc1nc2ccccc2n1C)c1ccccc1. The van der Waals surface area contributed by atoms with Gasteiger partial charge in [0.1, 0.15) is 0 Å². The molecular formula is C17H19N3. The van der Waals surface area contributed by atoms with Gasteiger partial charge >= 0.3 is 0 Å². The molecule has 0 amide bonds. The van der Waals surface area contributed by atoms with E-state index in [9.17, 15) is 0 Å². The molecule has 0 bridgehead atoms. The molecular weight excluding hydrogens is 246 g/mol. The van der Waals surface area contributed by atoms with Crippen LogP contribution in [0.4, 0.5) is 5.95 Å². The number of benzene rings is 2. The summed E-state index contributed by atoms with van der Waals surface area (Å²) in [5.74, 6) is 1.38. The first-order valence-corrected chi connectivity index (χ1v) is 6.96. The lowest BCUT2D eigenvalue weighted by Gasteiger charge is -2.13. The van der Waals surface area contributed by atoms with Crippen molar-refractivity contribution in [3.05, 3.63) is 60.2 Å². The fraction of sp³-hybridized carbons (Fsp3) is 0.235. The van der Waals surface area contributed by atoms with Crippen molar-refractivity contribution >= 4 is 17.0 Å². The number of nitrogens with zero attached hydrogens (tertiary/aromatic N) is 2. The molecule has 3 rings (SSSR count). The molecule has 0 aliphatic heterocycles. The summed E-state index contributed by atoms with van der Waals surface area (Å²) in [6.45, 7) is 3.10. The van der Waals surface area contributed by atoms with Gasteiger partial charge in [-0.05, 0) is 23.6 Å². The molecule has 1 N–H and O–H groups in total. The van der Waals surface area contributed by atoms with Gasteiger partial charge in [0.2, 0.25) is 5.95 Å². The van der Waals surface area contributed by atoms with Crippen molar-refractivity contribution in [1.29, 1.82) is 0 Å². The highest BCUT2D eigenvalue weighted by molar-refractivity contribution is 5.78. The van der Waals surface area contributed by atoms with E-state index in [4.69, 9.17) is 0 Å². The average Bonchev–Trinajstić information content (AvgIpc) is 2.83.